The van der Waals surface area contributed by atoms with E-state index < -0.39 is 11.8 Å². The molecule has 0 bridgehead atoms. The zero-order valence-electron chi connectivity index (χ0n) is 13.6. The highest BCUT2D eigenvalue weighted by Gasteiger charge is 2.27. The summed E-state index contributed by atoms with van der Waals surface area (Å²) in [4.78, 5) is 24.4. The van der Waals surface area contributed by atoms with Gasteiger partial charge in [0.25, 0.3) is 0 Å². The van der Waals surface area contributed by atoms with Crippen molar-refractivity contribution >= 4 is 17.6 Å². The Morgan fingerprint density at radius 2 is 2.00 bits per heavy atom. The number of rotatable bonds is 1. The van der Waals surface area contributed by atoms with Gasteiger partial charge in [-0.15, -0.1) is 0 Å². The van der Waals surface area contributed by atoms with Crippen LogP contribution in [0.2, 0.25) is 0 Å². The molecule has 126 valence electrons. The fraction of sp³-hybridized carbons (Fsp3) is 0.444. The lowest BCUT2D eigenvalue weighted by molar-refractivity contribution is -0.120. The van der Waals surface area contributed by atoms with Crippen molar-refractivity contribution in [3.05, 3.63) is 29.1 Å². The predicted molar refractivity (Wildman–Crippen MR) is 89.1 cm³/mol. The van der Waals surface area contributed by atoms with E-state index >= 15 is 0 Å². The number of halogens is 1. The molecule has 2 saturated heterocycles. The molecule has 5 nitrogen and oxygen atoms in total. The molecule has 0 atom stereocenters. The number of urea groups is 1. The molecule has 1 aromatic carbocycles. The number of carbonyl (C=O) groups is 2. The maximum Gasteiger partial charge on any atom is 0.328 e. The molecule has 2 aliphatic heterocycles. The first kappa shape index (κ1) is 16.5. The van der Waals surface area contributed by atoms with Crippen molar-refractivity contribution in [2.24, 2.45) is 5.92 Å². The summed E-state index contributed by atoms with van der Waals surface area (Å²) in [5.74, 6) is 5.78. The van der Waals surface area contributed by atoms with Gasteiger partial charge in [0, 0.05) is 24.4 Å². The van der Waals surface area contributed by atoms with Crippen LogP contribution in [-0.2, 0) is 4.79 Å². The number of hydrogen-bond acceptors (Lipinski definition) is 3. The van der Waals surface area contributed by atoms with Gasteiger partial charge in [0.05, 0.1) is 5.69 Å². The molecule has 6 heteroatoms. The SMILES string of the molecule is Cc1cc(C#CC2CCNCC2)cc(F)c1N1CCC(=O)NC1=O. The molecular weight excluding hydrogens is 309 g/mol. The third-order valence-electron chi connectivity index (χ3n) is 4.34. The van der Waals surface area contributed by atoms with E-state index in [4.69, 9.17) is 0 Å². The normalized spacial score (nSPS) is 18.8. The predicted octanol–water partition coefficient (Wildman–Crippen LogP) is 1.93. The first-order valence-corrected chi connectivity index (χ1v) is 8.18. The van der Waals surface area contributed by atoms with E-state index in [9.17, 15) is 14.0 Å². The monoisotopic (exact) mass is 329 g/mol. The van der Waals surface area contributed by atoms with Gasteiger partial charge in [-0.25, -0.2) is 9.18 Å². The summed E-state index contributed by atoms with van der Waals surface area (Å²) in [6.07, 6.45) is 2.19. The molecule has 2 N–H and O–H groups in total. The lowest BCUT2D eigenvalue weighted by Crippen LogP contribution is -2.50. The van der Waals surface area contributed by atoms with Crippen molar-refractivity contribution in [2.45, 2.75) is 26.2 Å². The first-order chi connectivity index (χ1) is 11.5. The number of benzene rings is 1. The fourth-order valence-corrected chi connectivity index (χ4v) is 3.08. The van der Waals surface area contributed by atoms with Crippen molar-refractivity contribution in [2.75, 3.05) is 24.5 Å². The van der Waals surface area contributed by atoms with E-state index in [1.807, 2.05) is 0 Å². The summed E-state index contributed by atoms with van der Waals surface area (Å²) in [5.41, 5.74) is 1.46. The van der Waals surface area contributed by atoms with Gasteiger partial charge in [0.1, 0.15) is 5.82 Å². The number of imide groups is 1. The maximum absolute atomic E-state index is 14.5. The fourth-order valence-electron chi connectivity index (χ4n) is 3.08. The standard InChI is InChI=1S/C18H20FN3O2/c1-12-10-14(3-2-13-4-7-20-8-5-13)11-15(19)17(12)22-9-6-16(23)21-18(22)24/h10-11,13,20H,4-9H2,1H3,(H,21,23,24). The smallest absolute Gasteiger partial charge is 0.317 e. The van der Waals surface area contributed by atoms with Crippen LogP contribution in [0, 0.1) is 30.5 Å². The minimum atomic E-state index is -0.582. The van der Waals surface area contributed by atoms with Crippen LogP contribution in [0.25, 0.3) is 0 Å². The molecule has 1 aromatic rings. The van der Waals surface area contributed by atoms with Crippen molar-refractivity contribution < 1.29 is 14.0 Å². The number of aryl methyl sites for hydroxylation is 1. The number of nitrogens with zero attached hydrogens (tertiary/aromatic N) is 1. The maximum atomic E-state index is 14.5. The van der Waals surface area contributed by atoms with Crippen LogP contribution in [0.15, 0.2) is 12.1 Å². The summed E-state index contributed by atoms with van der Waals surface area (Å²) in [6.45, 7) is 3.86. The first-order valence-electron chi connectivity index (χ1n) is 8.18. The Kier molecular flexibility index (Phi) is 4.81. The van der Waals surface area contributed by atoms with Gasteiger partial charge in [0.15, 0.2) is 0 Å². The van der Waals surface area contributed by atoms with E-state index in [0.29, 0.717) is 17.0 Å². The number of carbonyl (C=O) groups excluding carboxylic acids is 2. The molecule has 24 heavy (non-hydrogen) atoms. The van der Waals surface area contributed by atoms with Gasteiger partial charge in [-0.05, 0) is 50.6 Å². The van der Waals surface area contributed by atoms with Gasteiger partial charge in [-0.1, -0.05) is 11.8 Å². The summed E-state index contributed by atoms with van der Waals surface area (Å²) in [5, 5.41) is 5.50. The second-order valence-electron chi connectivity index (χ2n) is 6.17. The lowest BCUT2D eigenvalue weighted by Gasteiger charge is -2.28. The lowest BCUT2D eigenvalue weighted by atomic mass is 9.98. The van der Waals surface area contributed by atoms with Crippen LogP contribution in [0.1, 0.15) is 30.4 Å². The average Bonchev–Trinajstić information content (AvgIpc) is 2.55. The van der Waals surface area contributed by atoms with Crippen LogP contribution in [-0.4, -0.2) is 31.6 Å². The molecule has 0 saturated carbocycles. The summed E-state index contributed by atoms with van der Waals surface area (Å²) < 4.78 is 14.5. The van der Waals surface area contributed by atoms with Crippen molar-refractivity contribution in [1.82, 2.24) is 10.6 Å². The van der Waals surface area contributed by atoms with Gasteiger partial charge < -0.3 is 5.32 Å². The Labute approximate surface area is 140 Å². The van der Waals surface area contributed by atoms with Crippen molar-refractivity contribution in [1.29, 1.82) is 0 Å². The average molecular weight is 329 g/mol. The summed E-state index contributed by atoms with van der Waals surface area (Å²) in [6, 6.07) is 2.57. The second kappa shape index (κ2) is 7.02. The van der Waals surface area contributed by atoms with E-state index in [1.165, 1.54) is 11.0 Å². The molecule has 0 unspecified atom stereocenters. The molecule has 3 rings (SSSR count). The highest BCUT2D eigenvalue weighted by molar-refractivity contribution is 6.06. The van der Waals surface area contributed by atoms with Crippen molar-refractivity contribution in [3.63, 3.8) is 0 Å². The highest BCUT2D eigenvalue weighted by Crippen LogP contribution is 2.27. The Morgan fingerprint density at radius 1 is 1.25 bits per heavy atom. The minimum Gasteiger partial charge on any atom is -0.317 e. The van der Waals surface area contributed by atoms with Gasteiger partial charge in [-0.2, -0.15) is 0 Å². The van der Waals surface area contributed by atoms with Gasteiger partial charge in [0.2, 0.25) is 5.91 Å². The van der Waals surface area contributed by atoms with Crippen LogP contribution < -0.4 is 15.5 Å². The zero-order valence-corrected chi connectivity index (χ0v) is 13.6. The Balaban J connectivity index is 1.82. The molecular formula is C18H20FN3O2. The molecule has 0 spiro atoms. The molecule has 2 fully saturated rings. The van der Waals surface area contributed by atoms with Crippen LogP contribution in [0.4, 0.5) is 14.9 Å². The number of anilines is 1. The van der Waals surface area contributed by atoms with Gasteiger partial charge in [-0.3, -0.25) is 15.0 Å². The largest absolute Gasteiger partial charge is 0.328 e. The van der Waals surface area contributed by atoms with E-state index in [2.05, 4.69) is 22.5 Å². The molecule has 2 heterocycles. The molecule has 0 aromatic heterocycles. The molecule has 0 aliphatic carbocycles. The van der Waals surface area contributed by atoms with E-state index in [-0.39, 0.29) is 24.6 Å². The second-order valence-corrected chi connectivity index (χ2v) is 6.17. The van der Waals surface area contributed by atoms with E-state index in [1.54, 1.807) is 13.0 Å². The zero-order chi connectivity index (χ0) is 17.1. The third-order valence-corrected chi connectivity index (χ3v) is 4.34. The Morgan fingerprint density at radius 3 is 2.67 bits per heavy atom. The molecule has 2 aliphatic rings. The van der Waals surface area contributed by atoms with Crippen LogP contribution in [0.3, 0.4) is 0 Å². The van der Waals surface area contributed by atoms with Gasteiger partial charge >= 0.3 is 6.03 Å². The molecule has 3 amide bonds. The Hall–Kier alpha value is -2.39. The Bertz CT molecular complexity index is 707. The number of amides is 3. The molecule has 0 radical (unpaired) electrons. The van der Waals surface area contributed by atoms with Crippen LogP contribution in [0.5, 0.6) is 0 Å². The topological polar surface area (TPSA) is 61.4 Å². The van der Waals surface area contributed by atoms with Crippen LogP contribution >= 0.6 is 0 Å². The number of hydrogen-bond donors (Lipinski definition) is 2. The summed E-state index contributed by atoms with van der Waals surface area (Å²) >= 11 is 0. The highest BCUT2D eigenvalue weighted by atomic mass is 19.1. The minimum absolute atomic E-state index is 0.169. The van der Waals surface area contributed by atoms with E-state index in [0.717, 1.165) is 25.9 Å². The van der Waals surface area contributed by atoms with Crippen molar-refractivity contribution in [3.8, 4) is 11.8 Å². The number of piperidine rings is 1. The third kappa shape index (κ3) is 3.57. The summed E-state index contributed by atoms with van der Waals surface area (Å²) in [7, 11) is 0. The quantitative estimate of drug-likeness (QED) is 0.774. The number of nitrogens with one attached hydrogen (secondary N) is 2.